The van der Waals surface area contributed by atoms with E-state index in [0.29, 0.717) is 16.2 Å². The van der Waals surface area contributed by atoms with Crippen molar-refractivity contribution in [3.8, 4) is 0 Å². The van der Waals surface area contributed by atoms with E-state index in [0.717, 1.165) is 5.92 Å². The van der Waals surface area contributed by atoms with E-state index in [1.165, 1.54) is 72.1 Å². The molecule has 0 heteroatoms. The van der Waals surface area contributed by atoms with Crippen molar-refractivity contribution in [2.45, 2.75) is 120 Å². The van der Waals surface area contributed by atoms with Crippen LogP contribution in [0.3, 0.4) is 0 Å². The molecule has 1 aromatic carbocycles. The molecule has 0 nitrogen and oxygen atoms in total. The molecule has 0 heterocycles. The molecular formula is C35H52. The zero-order valence-electron chi connectivity index (χ0n) is 24.7. The third-order valence-corrected chi connectivity index (χ3v) is 12.4. The lowest BCUT2D eigenvalue weighted by molar-refractivity contribution is -0.154. The Labute approximate surface area is 216 Å². The Morgan fingerprint density at radius 3 is 2.11 bits per heavy atom. The van der Waals surface area contributed by atoms with Crippen molar-refractivity contribution < 1.29 is 0 Å². The van der Waals surface area contributed by atoms with Crippen LogP contribution in [0.1, 0.15) is 117 Å². The summed E-state index contributed by atoms with van der Waals surface area (Å²) in [7, 11) is 0. The fourth-order valence-electron chi connectivity index (χ4n) is 9.06. The molecule has 35 heavy (non-hydrogen) atoms. The van der Waals surface area contributed by atoms with Crippen LogP contribution in [-0.2, 0) is 5.41 Å². The Bertz CT molecular complexity index is 1200. The third-order valence-electron chi connectivity index (χ3n) is 12.4. The summed E-state index contributed by atoms with van der Waals surface area (Å²) in [6.07, 6.45) is 14.3. The summed E-state index contributed by atoms with van der Waals surface area (Å²) >= 11 is 0. The second kappa shape index (κ2) is 8.22. The largest absolute Gasteiger partial charge is 0.0996 e. The predicted octanol–water partition coefficient (Wildman–Crippen LogP) is 8.71. The lowest BCUT2D eigenvalue weighted by atomic mass is 9.34. The van der Waals surface area contributed by atoms with E-state index in [9.17, 15) is 0 Å². The first-order valence-corrected chi connectivity index (χ1v) is 14.4. The molecule has 0 aliphatic heterocycles. The SMILES string of the molecule is C=C(C)[C@]1(C)CC[C@]2(C)CC[C@]3(C)C4=CC=c5c(cc(=C)c(C)c5C)[C@]4(C)CC[C@@]3(C)[C@@H]2C1.CC. The minimum atomic E-state index is 0.128. The summed E-state index contributed by atoms with van der Waals surface area (Å²) in [5.74, 6) is 0.759. The van der Waals surface area contributed by atoms with Gasteiger partial charge in [0.25, 0.3) is 0 Å². The smallest absolute Gasteiger partial charge is 0.0148 e. The van der Waals surface area contributed by atoms with Crippen molar-refractivity contribution in [1.82, 2.24) is 0 Å². The maximum atomic E-state index is 4.46. The number of rotatable bonds is 1. The van der Waals surface area contributed by atoms with Crippen LogP contribution in [0.4, 0.5) is 0 Å². The minimum Gasteiger partial charge on any atom is -0.0996 e. The first-order chi connectivity index (χ1) is 16.2. The van der Waals surface area contributed by atoms with Crippen LogP contribution in [0.25, 0.3) is 12.7 Å². The Balaban J connectivity index is 0.00000141. The highest BCUT2D eigenvalue weighted by atomic mass is 14.7. The van der Waals surface area contributed by atoms with Crippen LogP contribution >= 0.6 is 0 Å². The molecule has 6 atom stereocenters. The van der Waals surface area contributed by atoms with Crippen LogP contribution in [0.5, 0.6) is 0 Å². The minimum absolute atomic E-state index is 0.128. The van der Waals surface area contributed by atoms with Gasteiger partial charge in [-0.05, 0) is 120 Å². The first kappa shape index (κ1) is 26.5. The lowest BCUT2D eigenvalue weighted by Crippen LogP contribution is -2.62. The second-order valence-corrected chi connectivity index (χ2v) is 13.8. The number of allylic oxidation sites excluding steroid dienone is 3. The quantitative estimate of drug-likeness (QED) is 0.358. The van der Waals surface area contributed by atoms with Crippen molar-refractivity contribution >= 4 is 12.7 Å². The Kier molecular flexibility index (Phi) is 6.23. The highest BCUT2D eigenvalue weighted by Crippen LogP contribution is 2.74. The molecule has 4 aliphatic carbocycles. The average Bonchev–Trinajstić information content (AvgIpc) is 2.82. The van der Waals surface area contributed by atoms with E-state index in [-0.39, 0.29) is 10.8 Å². The Hall–Kier alpha value is -1.56. The van der Waals surface area contributed by atoms with E-state index in [4.69, 9.17) is 0 Å². The zero-order chi connectivity index (χ0) is 26.2. The molecular weight excluding hydrogens is 420 g/mol. The molecule has 0 saturated heterocycles. The van der Waals surface area contributed by atoms with Gasteiger partial charge in [0.15, 0.2) is 0 Å². The molecule has 0 radical (unpaired) electrons. The maximum Gasteiger partial charge on any atom is 0.0148 e. The molecule has 3 fully saturated rings. The summed E-state index contributed by atoms with van der Waals surface area (Å²) in [4.78, 5) is 0. The van der Waals surface area contributed by atoms with E-state index >= 15 is 0 Å². The molecule has 192 valence electrons. The molecule has 0 amide bonds. The van der Waals surface area contributed by atoms with Gasteiger partial charge in [-0.15, -0.1) is 0 Å². The lowest BCUT2D eigenvalue weighted by Gasteiger charge is -2.70. The number of hydrogen-bond acceptors (Lipinski definition) is 0. The van der Waals surface area contributed by atoms with Crippen molar-refractivity contribution in [1.29, 1.82) is 0 Å². The average molecular weight is 473 g/mol. The van der Waals surface area contributed by atoms with Gasteiger partial charge in [0, 0.05) is 5.41 Å². The molecule has 3 saturated carbocycles. The van der Waals surface area contributed by atoms with Crippen LogP contribution in [0.15, 0.2) is 29.9 Å². The van der Waals surface area contributed by atoms with Crippen LogP contribution in [0.2, 0.25) is 0 Å². The normalized spacial score (nSPS) is 41.5. The topological polar surface area (TPSA) is 0 Å². The van der Waals surface area contributed by atoms with Crippen LogP contribution in [0, 0.1) is 41.4 Å². The van der Waals surface area contributed by atoms with Gasteiger partial charge < -0.3 is 0 Å². The molecule has 4 aliphatic rings. The maximum absolute atomic E-state index is 4.46. The monoisotopic (exact) mass is 472 g/mol. The van der Waals surface area contributed by atoms with Gasteiger partial charge >= 0.3 is 0 Å². The van der Waals surface area contributed by atoms with Gasteiger partial charge in [-0.1, -0.05) is 91.0 Å². The predicted molar refractivity (Wildman–Crippen MR) is 155 cm³/mol. The molecule has 0 spiro atoms. The van der Waals surface area contributed by atoms with Gasteiger partial charge in [-0.2, -0.15) is 0 Å². The van der Waals surface area contributed by atoms with E-state index < -0.39 is 0 Å². The molecule has 5 rings (SSSR count). The van der Waals surface area contributed by atoms with Crippen molar-refractivity contribution in [2.24, 2.45) is 27.6 Å². The van der Waals surface area contributed by atoms with Gasteiger partial charge in [-0.25, -0.2) is 0 Å². The molecule has 0 bridgehead atoms. The summed E-state index contributed by atoms with van der Waals surface area (Å²) in [6, 6.07) is 2.43. The van der Waals surface area contributed by atoms with Crippen LogP contribution in [-0.4, -0.2) is 0 Å². The summed E-state index contributed by atoms with van der Waals surface area (Å²) in [6.45, 7) is 32.7. The second-order valence-electron chi connectivity index (χ2n) is 13.8. The van der Waals surface area contributed by atoms with Gasteiger partial charge in [0.2, 0.25) is 0 Å². The van der Waals surface area contributed by atoms with E-state index in [2.05, 4.69) is 86.8 Å². The van der Waals surface area contributed by atoms with Crippen LogP contribution < -0.4 is 10.4 Å². The van der Waals surface area contributed by atoms with Crippen molar-refractivity contribution in [3.05, 3.63) is 57.0 Å². The Morgan fingerprint density at radius 2 is 1.49 bits per heavy atom. The molecule has 0 aromatic heterocycles. The Morgan fingerprint density at radius 1 is 0.857 bits per heavy atom. The molecule has 1 aromatic rings. The van der Waals surface area contributed by atoms with E-state index in [1.54, 1.807) is 11.1 Å². The summed E-state index contributed by atoms with van der Waals surface area (Å²) in [5, 5.41) is 2.67. The number of benzene rings is 1. The molecule has 0 unspecified atom stereocenters. The number of fused-ring (bicyclic) bond motifs is 7. The third kappa shape index (κ3) is 3.37. The standard InChI is InChI=1S/C33H46.C2H6/c1-21(2)30(7)14-13-29(6)15-17-32(9)27-12-11-25-24(5)23(4)22(3)19-26(25)31(27,8)16-18-33(32,10)28(29)20-30;1-2/h11-12,19,28H,1,3,13-18,20H2,2,4-10H3;1-2H3/t28-,29-,30-,31+,32-,33+;/m1./s1. The summed E-state index contributed by atoms with van der Waals surface area (Å²) in [5.41, 5.74) is 8.90. The van der Waals surface area contributed by atoms with Gasteiger partial charge in [-0.3, -0.25) is 0 Å². The van der Waals surface area contributed by atoms with Gasteiger partial charge in [0.05, 0.1) is 0 Å². The number of hydrogen-bond donors (Lipinski definition) is 0. The highest BCUT2D eigenvalue weighted by molar-refractivity contribution is 5.59. The fraction of sp³-hybridized carbons (Fsp3) is 0.657. The summed E-state index contributed by atoms with van der Waals surface area (Å²) < 4.78 is 0. The van der Waals surface area contributed by atoms with E-state index in [1.807, 2.05) is 13.8 Å². The first-order valence-electron chi connectivity index (χ1n) is 14.4. The van der Waals surface area contributed by atoms with Gasteiger partial charge in [0.1, 0.15) is 0 Å². The molecule has 0 N–H and O–H groups in total. The fourth-order valence-corrected chi connectivity index (χ4v) is 9.06. The highest BCUT2D eigenvalue weighted by Gasteiger charge is 2.66. The zero-order valence-corrected chi connectivity index (χ0v) is 24.7. The van der Waals surface area contributed by atoms with Crippen molar-refractivity contribution in [2.75, 3.05) is 0 Å². The van der Waals surface area contributed by atoms with Crippen molar-refractivity contribution in [3.63, 3.8) is 0 Å².